The molecular formula is C18H27IN6O. The predicted octanol–water partition coefficient (Wildman–Crippen LogP) is 2.18. The molecule has 0 spiro atoms. The maximum absolute atomic E-state index is 5.65. The van der Waals surface area contributed by atoms with Crippen LogP contribution in [0.2, 0.25) is 0 Å². The molecule has 1 fully saturated rings. The van der Waals surface area contributed by atoms with Crippen molar-refractivity contribution in [2.45, 2.75) is 39.0 Å². The third-order valence-electron chi connectivity index (χ3n) is 4.09. The van der Waals surface area contributed by atoms with E-state index in [1.165, 1.54) is 11.1 Å². The molecule has 0 bridgehead atoms. The van der Waals surface area contributed by atoms with Crippen molar-refractivity contribution in [1.29, 1.82) is 0 Å². The van der Waals surface area contributed by atoms with Gasteiger partial charge in [-0.15, -0.1) is 24.0 Å². The minimum atomic E-state index is 0. The van der Waals surface area contributed by atoms with Crippen molar-refractivity contribution in [3.63, 3.8) is 0 Å². The zero-order valence-corrected chi connectivity index (χ0v) is 17.4. The summed E-state index contributed by atoms with van der Waals surface area (Å²) in [6, 6.07) is 8.41. The molecule has 3 rings (SSSR count). The second-order valence-corrected chi connectivity index (χ2v) is 6.12. The number of nitrogens with zero attached hydrogens (tertiary/aromatic N) is 4. The number of aliphatic imine (C=N–C) groups is 1. The molecule has 1 unspecified atom stereocenters. The number of hydrogen-bond donors (Lipinski definition) is 2. The third kappa shape index (κ3) is 6.56. The van der Waals surface area contributed by atoms with Crippen LogP contribution in [0.5, 0.6) is 0 Å². The van der Waals surface area contributed by atoms with E-state index in [2.05, 4.69) is 56.9 Å². The molecule has 2 N–H and O–H groups in total. The summed E-state index contributed by atoms with van der Waals surface area (Å²) in [5.74, 6) is 0.833. The maximum atomic E-state index is 5.65. The molecule has 7 nitrogen and oxygen atoms in total. The van der Waals surface area contributed by atoms with Crippen molar-refractivity contribution in [3.05, 3.63) is 48.0 Å². The van der Waals surface area contributed by atoms with Crippen LogP contribution in [-0.4, -0.2) is 46.5 Å². The Labute approximate surface area is 171 Å². The molecule has 0 amide bonds. The molecule has 2 heterocycles. The Balaban J connectivity index is 0.00000243. The van der Waals surface area contributed by atoms with Crippen molar-refractivity contribution in [2.24, 2.45) is 4.99 Å². The summed E-state index contributed by atoms with van der Waals surface area (Å²) >= 11 is 0. The smallest absolute Gasteiger partial charge is 0.191 e. The van der Waals surface area contributed by atoms with Crippen LogP contribution in [0.4, 0.5) is 0 Å². The summed E-state index contributed by atoms with van der Waals surface area (Å²) in [6.07, 6.45) is 5.85. The highest BCUT2D eigenvalue weighted by Gasteiger charge is 2.15. The lowest BCUT2D eigenvalue weighted by Crippen LogP contribution is -2.41. The molecule has 2 aromatic rings. The van der Waals surface area contributed by atoms with Gasteiger partial charge in [-0.2, -0.15) is 5.10 Å². The lowest BCUT2D eigenvalue weighted by atomic mass is 10.1. The predicted molar refractivity (Wildman–Crippen MR) is 113 cm³/mol. The highest BCUT2D eigenvalue weighted by molar-refractivity contribution is 14.0. The van der Waals surface area contributed by atoms with Gasteiger partial charge in [0.05, 0.1) is 19.2 Å². The van der Waals surface area contributed by atoms with E-state index in [0.717, 1.165) is 45.0 Å². The van der Waals surface area contributed by atoms with E-state index in [1.54, 1.807) is 12.7 Å². The lowest BCUT2D eigenvalue weighted by Gasteiger charge is -2.14. The van der Waals surface area contributed by atoms with Crippen molar-refractivity contribution >= 4 is 29.9 Å². The van der Waals surface area contributed by atoms with Gasteiger partial charge < -0.3 is 15.4 Å². The average Bonchev–Trinajstić information content (AvgIpc) is 3.31. The first-order valence-corrected chi connectivity index (χ1v) is 8.87. The van der Waals surface area contributed by atoms with Crippen LogP contribution in [0.3, 0.4) is 0 Å². The van der Waals surface area contributed by atoms with Gasteiger partial charge in [-0.25, -0.2) is 14.7 Å². The standard InChI is InChI=1S/C18H26N6O.HI/c1-2-20-18(22-11-17-7-4-8-25-17)21-10-15-5-3-6-16(9-15)12-24-14-19-13-23-24;/h3,5-6,9,13-14,17H,2,4,7-8,10-12H2,1H3,(H2,20,21,22);1H. The van der Waals surface area contributed by atoms with Crippen LogP contribution in [0, 0.1) is 0 Å². The first kappa shape index (κ1) is 20.6. The first-order valence-electron chi connectivity index (χ1n) is 8.87. The fraction of sp³-hybridized carbons (Fsp3) is 0.500. The Morgan fingerprint density at radius 3 is 2.96 bits per heavy atom. The van der Waals surface area contributed by atoms with E-state index < -0.39 is 0 Å². The van der Waals surface area contributed by atoms with Gasteiger partial charge in [-0.3, -0.25) is 0 Å². The van der Waals surface area contributed by atoms with E-state index >= 15 is 0 Å². The second kappa shape index (κ2) is 11.1. The minimum absolute atomic E-state index is 0. The zero-order chi connectivity index (χ0) is 17.3. The summed E-state index contributed by atoms with van der Waals surface area (Å²) in [6.45, 7) is 5.93. The number of ether oxygens (including phenoxy) is 1. The Morgan fingerprint density at radius 1 is 1.35 bits per heavy atom. The number of rotatable bonds is 7. The molecule has 0 radical (unpaired) electrons. The van der Waals surface area contributed by atoms with Gasteiger partial charge in [-0.05, 0) is 30.9 Å². The molecule has 1 aliphatic rings. The summed E-state index contributed by atoms with van der Waals surface area (Å²) in [4.78, 5) is 8.66. The fourth-order valence-electron chi connectivity index (χ4n) is 2.86. The Hall–Kier alpha value is -1.68. The lowest BCUT2D eigenvalue weighted by molar-refractivity contribution is 0.114. The van der Waals surface area contributed by atoms with Gasteiger partial charge in [0.1, 0.15) is 12.7 Å². The maximum Gasteiger partial charge on any atom is 0.191 e. The largest absolute Gasteiger partial charge is 0.376 e. The van der Waals surface area contributed by atoms with Crippen molar-refractivity contribution in [1.82, 2.24) is 25.4 Å². The second-order valence-electron chi connectivity index (χ2n) is 6.12. The number of aromatic nitrogens is 3. The summed E-state index contributed by atoms with van der Waals surface area (Å²) < 4.78 is 7.47. The average molecular weight is 470 g/mol. The Morgan fingerprint density at radius 2 is 2.23 bits per heavy atom. The monoisotopic (exact) mass is 470 g/mol. The van der Waals surface area contributed by atoms with Gasteiger partial charge in [0, 0.05) is 19.7 Å². The molecule has 1 saturated heterocycles. The number of halogens is 1. The number of nitrogens with one attached hydrogen (secondary N) is 2. The third-order valence-corrected chi connectivity index (χ3v) is 4.09. The van der Waals surface area contributed by atoms with Crippen LogP contribution in [0.15, 0.2) is 41.9 Å². The highest BCUT2D eigenvalue weighted by Crippen LogP contribution is 2.11. The first-order chi connectivity index (χ1) is 12.3. The minimum Gasteiger partial charge on any atom is -0.376 e. The van der Waals surface area contributed by atoms with Gasteiger partial charge >= 0.3 is 0 Å². The molecule has 1 aromatic carbocycles. The van der Waals surface area contributed by atoms with E-state index in [4.69, 9.17) is 4.74 Å². The number of hydrogen-bond acceptors (Lipinski definition) is 4. The van der Waals surface area contributed by atoms with Gasteiger partial charge in [0.2, 0.25) is 0 Å². The van der Waals surface area contributed by atoms with Crippen LogP contribution < -0.4 is 10.6 Å². The molecule has 1 aliphatic heterocycles. The van der Waals surface area contributed by atoms with E-state index in [-0.39, 0.29) is 24.0 Å². The van der Waals surface area contributed by atoms with Crippen molar-refractivity contribution in [2.75, 3.05) is 19.7 Å². The number of benzene rings is 1. The summed E-state index contributed by atoms with van der Waals surface area (Å²) in [5, 5.41) is 10.8. The van der Waals surface area contributed by atoms with E-state index in [9.17, 15) is 0 Å². The Kier molecular flexibility index (Phi) is 8.82. The normalized spacial score (nSPS) is 17.0. The van der Waals surface area contributed by atoms with Gasteiger partial charge in [-0.1, -0.05) is 24.3 Å². The molecule has 26 heavy (non-hydrogen) atoms. The van der Waals surface area contributed by atoms with Gasteiger partial charge in [0.15, 0.2) is 5.96 Å². The molecular weight excluding hydrogens is 443 g/mol. The molecule has 0 saturated carbocycles. The van der Waals surface area contributed by atoms with Crippen LogP contribution in [0.25, 0.3) is 0 Å². The fourth-order valence-corrected chi connectivity index (χ4v) is 2.86. The van der Waals surface area contributed by atoms with Crippen molar-refractivity contribution in [3.8, 4) is 0 Å². The summed E-state index contributed by atoms with van der Waals surface area (Å²) in [5.41, 5.74) is 2.36. The molecule has 1 aromatic heterocycles. The topological polar surface area (TPSA) is 76.4 Å². The molecule has 0 aliphatic carbocycles. The summed E-state index contributed by atoms with van der Waals surface area (Å²) in [7, 11) is 0. The van der Waals surface area contributed by atoms with E-state index in [1.807, 2.05) is 4.68 Å². The van der Waals surface area contributed by atoms with Crippen molar-refractivity contribution < 1.29 is 4.74 Å². The molecule has 142 valence electrons. The highest BCUT2D eigenvalue weighted by atomic mass is 127. The van der Waals surface area contributed by atoms with Crippen LogP contribution >= 0.6 is 24.0 Å². The Bertz CT molecular complexity index is 670. The number of guanidine groups is 1. The molecule has 8 heteroatoms. The quantitative estimate of drug-likeness (QED) is 0.369. The van der Waals surface area contributed by atoms with Gasteiger partial charge in [0.25, 0.3) is 0 Å². The van der Waals surface area contributed by atoms with E-state index in [0.29, 0.717) is 12.6 Å². The SMILES string of the molecule is CCNC(=NCc1cccc(Cn2cncn2)c1)NCC1CCCO1.I. The molecule has 1 atom stereocenters. The zero-order valence-electron chi connectivity index (χ0n) is 15.1. The van der Waals surface area contributed by atoms with Crippen LogP contribution in [0.1, 0.15) is 30.9 Å². The van der Waals surface area contributed by atoms with Crippen LogP contribution in [-0.2, 0) is 17.8 Å².